The molecule has 0 radical (unpaired) electrons. The molecule has 1 aliphatic heterocycles. The van der Waals surface area contributed by atoms with Gasteiger partial charge in [-0.15, -0.1) is 11.3 Å². The number of carboxylic acids is 1. The van der Waals surface area contributed by atoms with Gasteiger partial charge in [-0.25, -0.2) is 9.78 Å². The van der Waals surface area contributed by atoms with Crippen LogP contribution in [0.25, 0.3) is 0 Å². The third-order valence-electron chi connectivity index (χ3n) is 2.77. The molecule has 0 saturated carbocycles. The topological polar surface area (TPSA) is 71.5 Å². The molecule has 5 nitrogen and oxygen atoms in total. The lowest BCUT2D eigenvalue weighted by atomic mass is 10.0. The third kappa shape index (κ3) is 2.51. The Morgan fingerprint density at radius 3 is 3.19 bits per heavy atom. The summed E-state index contributed by atoms with van der Waals surface area (Å²) >= 11 is 1.32. The van der Waals surface area contributed by atoms with Gasteiger partial charge in [-0.2, -0.15) is 0 Å². The van der Waals surface area contributed by atoms with Gasteiger partial charge in [0.2, 0.25) is 0 Å². The first kappa shape index (κ1) is 11.3. The number of carbonyl (C=O) groups is 1. The number of nitrogens with zero attached hydrogens (tertiary/aromatic N) is 1. The number of ether oxygens (including phenoxy) is 1. The third-order valence-corrected chi connectivity index (χ3v) is 3.57. The summed E-state index contributed by atoms with van der Waals surface area (Å²) in [4.78, 5) is 14.6. The van der Waals surface area contributed by atoms with Crippen molar-refractivity contribution < 1.29 is 14.6 Å². The van der Waals surface area contributed by atoms with Gasteiger partial charge < -0.3 is 15.2 Å². The van der Waals surface area contributed by atoms with E-state index in [9.17, 15) is 4.79 Å². The van der Waals surface area contributed by atoms with E-state index in [0.717, 1.165) is 19.6 Å². The first-order chi connectivity index (χ1) is 7.66. The zero-order valence-corrected chi connectivity index (χ0v) is 9.79. The van der Waals surface area contributed by atoms with Crippen molar-refractivity contribution in [2.45, 2.75) is 19.4 Å². The molecule has 2 rings (SSSR count). The zero-order valence-electron chi connectivity index (χ0n) is 8.97. The molecule has 2 unspecified atom stereocenters. The molecule has 6 heteroatoms. The molecule has 0 aliphatic carbocycles. The van der Waals surface area contributed by atoms with Crippen LogP contribution in [0.15, 0.2) is 5.38 Å². The summed E-state index contributed by atoms with van der Waals surface area (Å²) in [5.41, 5.74) is 0.100. The number of nitrogens with one attached hydrogen (secondary N) is 1. The minimum absolute atomic E-state index is 0.100. The average molecular weight is 242 g/mol. The Labute approximate surface area is 97.5 Å². The average Bonchev–Trinajstić information content (AvgIpc) is 2.83. The fourth-order valence-corrected chi connectivity index (χ4v) is 2.41. The number of carboxylic acid groups (broad SMARTS) is 1. The SMILES string of the molecule is CC1OCCC1CNc1nc(C(=O)O)cs1. The second-order valence-electron chi connectivity index (χ2n) is 3.85. The highest BCUT2D eigenvalue weighted by molar-refractivity contribution is 7.13. The molecule has 1 aromatic heterocycles. The van der Waals surface area contributed by atoms with Gasteiger partial charge in [-0.1, -0.05) is 0 Å². The molecule has 16 heavy (non-hydrogen) atoms. The van der Waals surface area contributed by atoms with Crippen LogP contribution in [-0.2, 0) is 4.74 Å². The molecule has 1 fully saturated rings. The molecule has 0 bridgehead atoms. The Bertz CT molecular complexity index is 380. The second kappa shape index (κ2) is 4.80. The summed E-state index contributed by atoms with van der Waals surface area (Å²) in [6, 6.07) is 0. The van der Waals surface area contributed by atoms with Crippen molar-refractivity contribution in [3.63, 3.8) is 0 Å². The van der Waals surface area contributed by atoms with Crippen molar-refractivity contribution in [2.75, 3.05) is 18.5 Å². The van der Waals surface area contributed by atoms with Crippen LogP contribution in [0.2, 0.25) is 0 Å². The van der Waals surface area contributed by atoms with Crippen LogP contribution in [0.1, 0.15) is 23.8 Å². The van der Waals surface area contributed by atoms with Crippen molar-refractivity contribution in [2.24, 2.45) is 5.92 Å². The first-order valence-electron chi connectivity index (χ1n) is 5.21. The summed E-state index contributed by atoms with van der Waals surface area (Å²) in [7, 11) is 0. The molecule has 2 heterocycles. The maximum absolute atomic E-state index is 10.6. The lowest BCUT2D eigenvalue weighted by Crippen LogP contribution is -2.20. The number of hydrogen-bond donors (Lipinski definition) is 2. The highest BCUT2D eigenvalue weighted by Gasteiger charge is 2.24. The summed E-state index contributed by atoms with van der Waals surface area (Å²) in [5.74, 6) is -0.501. The highest BCUT2D eigenvalue weighted by Crippen LogP contribution is 2.22. The Kier molecular flexibility index (Phi) is 3.40. The van der Waals surface area contributed by atoms with Crippen molar-refractivity contribution >= 4 is 22.4 Å². The Morgan fingerprint density at radius 2 is 2.62 bits per heavy atom. The predicted molar refractivity (Wildman–Crippen MR) is 61.1 cm³/mol. The summed E-state index contributed by atoms with van der Waals surface area (Å²) in [5, 5.41) is 14.1. The molecular weight excluding hydrogens is 228 g/mol. The summed E-state index contributed by atoms with van der Waals surface area (Å²) in [6.45, 7) is 3.66. The molecule has 0 spiro atoms. The number of anilines is 1. The van der Waals surface area contributed by atoms with Gasteiger partial charge in [0.25, 0.3) is 0 Å². The van der Waals surface area contributed by atoms with Gasteiger partial charge in [0.1, 0.15) is 0 Å². The van der Waals surface area contributed by atoms with E-state index in [1.165, 1.54) is 11.3 Å². The van der Waals surface area contributed by atoms with Gasteiger partial charge in [-0.3, -0.25) is 0 Å². The number of aromatic nitrogens is 1. The quantitative estimate of drug-likeness (QED) is 0.840. The van der Waals surface area contributed by atoms with Crippen molar-refractivity contribution in [1.29, 1.82) is 0 Å². The predicted octanol–water partition coefficient (Wildman–Crippen LogP) is 1.68. The maximum atomic E-state index is 10.6. The second-order valence-corrected chi connectivity index (χ2v) is 4.71. The lowest BCUT2D eigenvalue weighted by Gasteiger charge is -2.13. The van der Waals surface area contributed by atoms with E-state index >= 15 is 0 Å². The Hall–Kier alpha value is -1.14. The van der Waals surface area contributed by atoms with Crippen LogP contribution in [0.5, 0.6) is 0 Å². The highest BCUT2D eigenvalue weighted by atomic mass is 32.1. The molecule has 1 aromatic rings. The van der Waals surface area contributed by atoms with E-state index in [0.29, 0.717) is 11.0 Å². The van der Waals surface area contributed by atoms with Crippen molar-refractivity contribution in [1.82, 2.24) is 4.98 Å². The van der Waals surface area contributed by atoms with Gasteiger partial charge in [0.05, 0.1) is 6.10 Å². The van der Waals surface area contributed by atoms with E-state index in [4.69, 9.17) is 9.84 Å². The van der Waals surface area contributed by atoms with Gasteiger partial charge >= 0.3 is 5.97 Å². The first-order valence-corrected chi connectivity index (χ1v) is 6.09. The summed E-state index contributed by atoms with van der Waals surface area (Å²) in [6.07, 6.45) is 1.32. The molecule has 0 amide bonds. The molecule has 2 atom stereocenters. The van der Waals surface area contributed by atoms with E-state index in [2.05, 4.69) is 17.2 Å². The molecule has 1 aliphatic rings. The normalized spacial score (nSPS) is 24.6. The standard InChI is InChI=1S/C10H14N2O3S/c1-6-7(2-3-15-6)4-11-10-12-8(5-16-10)9(13)14/h5-7H,2-4H2,1H3,(H,11,12)(H,13,14). The van der Waals surface area contributed by atoms with Gasteiger partial charge in [-0.05, 0) is 13.3 Å². The molecule has 0 aromatic carbocycles. The molecule has 88 valence electrons. The number of rotatable bonds is 4. The van der Waals surface area contributed by atoms with E-state index in [1.54, 1.807) is 5.38 Å². The van der Waals surface area contributed by atoms with E-state index in [1.807, 2.05) is 0 Å². The van der Waals surface area contributed by atoms with Crippen LogP contribution < -0.4 is 5.32 Å². The Balaban J connectivity index is 1.87. The molecule has 2 N–H and O–H groups in total. The monoisotopic (exact) mass is 242 g/mol. The molecule has 1 saturated heterocycles. The minimum atomic E-state index is -0.984. The lowest BCUT2D eigenvalue weighted by molar-refractivity contribution is 0.0691. The Morgan fingerprint density at radius 1 is 1.81 bits per heavy atom. The van der Waals surface area contributed by atoms with Crippen LogP contribution in [0.3, 0.4) is 0 Å². The number of aromatic carboxylic acids is 1. The van der Waals surface area contributed by atoms with E-state index in [-0.39, 0.29) is 11.8 Å². The minimum Gasteiger partial charge on any atom is -0.476 e. The fourth-order valence-electron chi connectivity index (χ4n) is 1.72. The zero-order chi connectivity index (χ0) is 11.5. The van der Waals surface area contributed by atoms with Crippen LogP contribution in [-0.4, -0.2) is 35.3 Å². The van der Waals surface area contributed by atoms with Crippen LogP contribution >= 0.6 is 11.3 Å². The summed E-state index contributed by atoms with van der Waals surface area (Å²) < 4.78 is 5.45. The van der Waals surface area contributed by atoms with Crippen LogP contribution in [0, 0.1) is 5.92 Å². The smallest absolute Gasteiger partial charge is 0.355 e. The van der Waals surface area contributed by atoms with Gasteiger partial charge in [0.15, 0.2) is 10.8 Å². The number of hydrogen-bond acceptors (Lipinski definition) is 5. The molecular formula is C10H14N2O3S. The van der Waals surface area contributed by atoms with Crippen molar-refractivity contribution in [3.05, 3.63) is 11.1 Å². The number of thiazole rings is 1. The maximum Gasteiger partial charge on any atom is 0.355 e. The van der Waals surface area contributed by atoms with Crippen LogP contribution in [0.4, 0.5) is 5.13 Å². The van der Waals surface area contributed by atoms with Gasteiger partial charge in [0, 0.05) is 24.4 Å². The largest absolute Gasteiger partial charge is 0.476 e. The van der Waals surface area contributed by atoms with Crippen molar-refractivity contribution in [3.8, 4) is 0 Å². The van der Waals surface area contributed by atoms with E-state index < -0.39 is 5.97 Å². The fraction of sp³-hybridized carbons (Fsp3) is 0.600.